The van der Waals surface area contributed by atoms with Crippen molar-refractivity contribution in [3.63, 3.8) is 0 Å². The summed E-state index contributed by atoms with van der Waals surface area (Å²) in [5.41, 5.74) is 1.07. The fourth-order valence-corrected chi connectivity index (χ4v) is 1.56. The smallest absolute Gasteiger partial charge is 0.146 e. The molecule has 0 saturated heterocycles. The summed E-state index contributed by atoms with van der Waals surface area (Å²) in [6.07, 6.45) is 2.70. The predicted molar refractivity (Wildman–Crippen MR) is 62.6 cm³/mol. The van der Waals surface area contributed by atoms with Crippen molar-refractivity contribution in [1.29, 1.82) is 0 Å². The number of nitrogens with zero attached hydrogens (tertiary/aromatic N) is 1. The summed E-state index contributed by atoms with van der Waals surface area (Å²) in [6, 6.07) is 7.54. The number of pyridine rings is 1. The van der Waals surface area contributed by atoms with Crippen molar-refractivity contribution >= 4 is 5.69 Å². The third-order valence-electron chi connectivity index (χ3n) is 2.47. The number of halogens is 2. The van der Waals surface area contributed by atoms with Gasteiger partial charge in [-0.15, -0.1) is 0 Å². The van der Waals surface area contributed by atoms with Crippen LogP contribution >= 0.6 is 0 Å². The number of anilines is 1. The number of nitrogens with one attached hydrogen (secondary N) is 1. The molecular formula is C13H12F2N2. The van der Waals surface area contributed by atoms with Crippen LogP contribution in [0.5, 0.6) is 0 Å². The normalized spacial score (nSPS) is 12.2. The molecule has 0 spiro atoms. The van der Waals surface area contributed by atoms with Crippen LogP contribution in [0.25, 0.3) is 0 Å². The van der Waals surface area contributed by atoms with Gasteiger partial charge in [-0.05, 0) is 30.7 Å². The molecule has 0 aliphatic carbocycles. The zero-order valence-corrected chi connectivity index (χ0v) is 9.32. The van der Waals surface area contributed by atoms with Crippen LogP contribution in [0.2, 0.25) is 0 Å². The summed E-state index contributed by atoms with van der Waals surface area (Å²) in [4.78, 5) is 3.76. The number of hydrogen-bond acceptors (Lipinski definition) is 2. The molecule has 2 nitrogen and oxygen atoms in total. The van der Waals surface area contributed by atoms with Crippen molar-refractivity contribution in [2.45, 2.75) is 13.0 Å². The molecule has 0 radical (unpaired) electrons. The van der Waals surface area contributed by atoms with Gasteiger partial charge >= 0.3 is 0 Å². The maximum absolute atomic E-state index is 13.4. The minimum absolute atomic E-state index is 0.213. The van der Waals surface area contributed by atoms with E-state index in [9.17, 15) is 8.78 Å². The molecule has 0 aliphatic heterocycles. The Labute approximate surface area is 98.3 Å². The predicted octanol–water partition coefficient (Wildman–Crippen LogP) is 3.53. The first-order chi connectivity index (χ1) is 8.16. The number of benzene rings is 1. The third kappa shape index (κ3) is 2.78. The molecule has 2 aromatic rings. The molecule has 0 fully saturated rings. The van der Waals surface area contributed by atoms with Crippen LogP contribution in [-0.4, -0.2) is 4.98 Å². The van der Waals surface area contributed by atoms with Gasteiger partial charge in [-0.25, -0.2) is 8.78 Å². The van der Waals surface area contributed by atoms with Crippen molar-refractivity contribution in [3.05, 3.63) is 59.9 Å². The lowest BCUT2D eigenvalue weighted by atomic mass is 10.1. The number of aromatic nitrogens is 1. The van der Waals surface area contributed by atoms with Crippen molar-refractivity contribution in [1.82, 2.24) is 4.98 Å². The average molecular weight is 234 g/mol. The fourth-order valence-electron chi connectivity index (χ4n) is 1.56. The Bertz CT molecular complexity index is 514. The molecule has 1 aromatic carbocycles. The molecule has 0 amide bonds. The Morgan fingerprint density at radius 1 is 1.18 bits per heavy atom. The molecule has 1 unspecified atom stereocenters. The average Bonchev–Trinajstić information content (AvgIpc) is 2.32. The van der Waals surface area contributed by atoms with Gasteiger partial charge in [0, 0.05) is 6.20 Å². The maximum Gasteiger partial charge on any atom is 0.146 e. The molecule has 88 valence electrons. The molecule has 1 N–H and O–H groups in total. The van der Waals surface area contributed by atoms with E-state index in [4.69, 9.17) is 0 Å². The number of rotatable bonds is 3. The highest BCUT2D eigenvalue weighted by Crippen LogP contribution is 2.21. The SMILES string of the molecule is CC(Nc1ccccc1F)c1cncc(F)c1. The molecule has 1 heterocycles. The summed E-state index contributed by atoms with van der Waals surface area (Å²) >= 11 is 0. The van der Waals surface area contributed by atoms with Gasteiger partial charge in [0.2, 0.25) is 0 Å². The molecular weight excluding hydrogens is 222 g/mol. The van der Waals surface area contributed by atoms with E-state index in [0.29, 0.717) is 11.3 Å². The molecule has 2 rings (SSSR count). The zero-order valence-electron chi connectivity index (χ0n) is 9.32. The lowest BCUT2D eigenvalue weighted by Crippen LogP contribution is -2.08. The highest BCUT2D eigenvalue weighted by molar-refractivity contribution is 5.46. The van der Waals surface area contributed by atoms with Crippen LogP contribution in [0.1, 0.15) is 18.5 Å². The minimum Gasteiger partial charge on any atom is -0.376 e. The Morgan fingerprint density at radius 2 is 1.94 bits per heavy atom. The van der Waals surface area contributed by atoms with E-state index in [1.165, 1.54) is 12.1 Å². The van der Waals surface area contributed by atoms with Gasteiger partial charge in [0.25, 0.3) is 0 Å². The van der Waals surface area contributed by atoms with Gasteiger partial charge in [0.05, 0.1) is 17.9 Å². The van der Waals surface area contributed by atoms with E-state index >= 15 is 0 Å². The van der Waals surface area contributed by atoms with E-state index < -0.39 is 5.82 Å². The maximum atomic E-state index is 13.4. The van der Waals surface area contributed by atoms with Crippen LogP contribution in [-0.2, 0) is 0 Å². The Balaban J connectivity index is 2.17. The van der Waals surface area contributed by atoms with Gasteiger partial charge in [0.1, 0.15) is 11.6 Å². The van der Waals surface area contributed by atoms with E-state index in [2.05, 4.69) is 10.3 Å². The minimum atomic E-state index is -0.398. The first kappa shape index (κ1) is 11.5. The topological polar surface area (TPSA) is 24.9 Å². The van der Waals surface area contributed by atoms with Gasteiger partial charge in [-0.1, -0.05) is 12.1 Å². The summed E-state index contributed by atoms with van der Waals surface area (Å²) < 4.78 is 26.4. The standard InChI is InChI=1S/C13H12F2N2/c1-9(10-6-11(14)8-16-7-10)17-13-5-3-2-4-12(13)15/h2-9,17H,1H3. The van der Waals surface area contributed by atoms with Crippen LogP contribution in [0.15, 0.2) is 42.7 Å². The van der Waals surface area contributed by atoms with Crippen LogP contribution in [0.3, 0.4) is 0 Å². The second-order valence-corrected chi connectivity index (χ2v) is 3.78. The molecule has 4 heteroatoms. The van der Waals surface area contributed by atoms with Gasteiger partial charge in [-0.2, -0.15) is 0 Å². The summed E-state index contributed by atoms with van der Waals surface area (Å²) in [7, 11) is 0. The second-order valence-electron chi connectivity index (χ2n) is 3.78. The Hall–Kier alpha value is -1.97. The summed E-state index contributed by atoms with van der Waals surface area (Å²) in [5.74, 6) is -0.728. The van der Waals surface area contributed by atoms with Crippen molar-refractivity contribution in [2.24, 2.45) is 0 Å². The first-order valence-electron chi connectivity index (χ1n) is 5.28. The Kier molecular flexibility index (Phi) is 3.32. The molecule has 1 atom stereocenters. The van der Waals surface area contributed by atoms with Crippen molar-refractivity contribution in [3.8, 4) is 0 Å². The summed E-state index contributed by atoms with van der Waals surface area (Å²) in [5, 5.41) is 2.97. The molecule has 0 bridgehead atoms. The zero-order chi connectivity index (χ0) is 12.3. The Morgan fingerprint density at radius 3 is 2.65 bits per heavy atom. The molecule has 0 saturated carbocycles. The lowest BCUT2D eigenvalue weighted by molar-refractivity contribution is 0.614. The van der Waals surface area contributed by atoms with E-state index in [1.54, 1.807) is 24.4 Å². The van der Waals surface area contributed by atoms with Crippen LogP contribution in [0, 0.1) is 11.6 Å². The quantitative estimate of drug-likeness (QED) is 0.878. The van der Waals surface area contributed by atoms with Gasteiger partial charge in [0.15, 0.2) is 0 Å². The fraction of sp³-hybridized carbons (Fsp3) is 0.154. The third-order valence-corrected chi connectivity index (χ3v) is 2.47. The molecule has 1 aromatic heterocycles. The largest absolute Gasteiger partial charge is 0.376 e. The van der Waals surface area contributed by atoms with Gasteiger partial charge < -0.3 is 5.32 Å². The second kappa shape index (κ2) is 4.91. The monoisotopic (exact) mass is 234 g/mol. The number of para-hydroxylation sites is 1. The van der Waals surface area contributed by atoms with Crippen LogP contribution < -0.4 is 5.32 Å². The highest BCUT2D eigenvalue weighted by atomic mass is 19.1. The van der Waals surface area contributed by atoms with Crippen molar-refractivity contribution in [2.75, 3.05) is 5.32 Å². The summed E-state index contributed by atoms with van der Waals surface area (Å²) in [6.45, 7) is 1.82. The van der Waals surface area contributed by atoms with Crippen molar-refractivity contribution < 1.29 is 8.78 Å². The van der Waals surface area contributed by atoms with E-state index in [0.717, 1.165) is 6.20 Å². The van der Waals surface area contributed by atoms with E-state index in [1.807, 2.05) is 6.92 Å². The lowest BCUT2D eigenvalue weighted by Gasteiger charge is -2.15. The van der Waals surface area contributed by atoms with Crippen LogP contribution in [0.4, 0.5) is 14.5 Å². The molecule has 17 heavy (non-hydrogen) atoms. The van der Waals surface area contributed by atoms with E-state index in [-0.39, 0.29) is 11.9 Å². The molecule has 0 aliphatic rings. The number of hydrogen-bond donors (Lipinski definition) is 1. The highest BCUT2D eigenvalue weighted by Gasteiger charge is 2.08. The van der Waals surface area contributed by atoms with Gasteiger partial charge in [-0.3, -0.25) is 4.98 Å². The first-order valence-corrected chi connectivity index (χ1v) is 5.28.